The maximum atomic E-state index is 9.00. The summed E-state index contributed by atoms with van der Waals surface area (Å²) in [6, 6.07) is 17.7. The van der Waals surface area contributed by atoms with E-state index in [4.69, 9.17) is 10.00 Å². The lowest BCUT2D eigenvalue weighted by molar-refractivity contribution is 0.253. The maximum absolute atomic E-state index is 9.00. The Bertz CT molecular complexity index is 682. The van der Waals surface area contributed by atoms with Crippen LogP contribution in [0.15, 0.2) is 48.5 Å². The van der Waals surface area contributed by atoms with Gasteiger partial charge in [0.05, 0.1) is 11.6 Å². The molecule has 0 spiro atoms. The first-order chi connectivity index (χ1) is 10.8. The van der Waals surface area contributed by atoms with E-state index in [1.54, 1.807) is 12.1 Å². The summed E-state index contributed by atoms with van der Waals surface area (Å²) in [6.45, 7) is 2.26. The first-order valence-electron chi connectivity index (χ1n) is 7.72. The summed E-state index contributed by atoms with van der Waals surface area (Å²) >= 11 is 0. The molecule has 3 rings (SSSR count). The van der Waals surface area contributed by atoms with E-state index < -0.39 is 0 Å². The van der Waals surface area contributed by atoms with Gasteiger partial charge in [-0.2, -0.15) is 5.26 Å². The van der Waals surface area contributed by atoms with Crippen LogP contribution in [0.2, 0.25) is 0 Å². The smallest absolute Gasteiger partial charge is 0.130 e. The third kappa shape index (κ3) is 3.29. The molecule has 1 aliphatic rings. The van der Waals surface area contributed by atoms with Gasteiger partial charge in [-0.3, -0.25) is 0 Å². The highest BCUT2D eigenvalue weighted by atomic mass is 16.5. The largest absolute Gasteiger partial charge is 0.457 e. The van der Waals surface area contributed by atoms with E-state index in [-0.39, 0.29) is 0 Å². The normalized spacial score (nSPS) is 16.2. The number of hydrogen-bond acceptors (Lipinski definition) is 3. The van der Waals surface area contributed by atoms with Crippen LogP contribution in [0, 0.1) is 11.3 Å². The lowest BCUT2D eigenvalue weighted by Crippen LogP contribution is -2.29. The second-order valence-corrected chi connectivity index (χ2v) is 5.86. The first-order valence-corrected chi connectivity index (χ1v) is 7.72. The van der Waals surface area contributed by atoms with Gasteiger partial charge in [-0.15, -0.1) is 0 Å². The van der Waals surface area contributed by atoms with Crippen molar-refractivity contribution in [1.82, 2.24) is 4.90 Å². The van der Waals surface area contributed by atoms with Crippen molar-refractivity contribution < 1.29 is 4.74 Å². The van der Waals surface area contributed by atoms with Crippen LogP contribution >= 0.6 is 0 Å². The third-order valence-corrected chi connectivity index (χ3v) is 4.27. The van der Waals surface area contributed by atoms with E-state index in [1.165, 1.54) is 5.56 Å². The van der Waals surface area contributed by atoms with Gasteiger partial charge in [0.1, 0.15) is 11.5 Å². The minimum atomic E-state index is 0.548. The summed E-state index contributed by atoms with van der Waals surface area (Å²) in [6.07, 6.45) is 2.32. The molecule has 2 aromatic carbocycles. The fraction of sp³-hybridized carbons (Fsp3) is 0.316. The van der Waals surface area contributed by atoms with Crippen LogP contribution < -0.4 is 4.74 Å². The number of piperidine rings is 1. The lowest BCUT2D eigenvalue weighted by atomic mass is 9.89. The van der Waals surface area contributed by atoms with Gasteiger partial charge in [0.25, 0.3) is 0 Å². The molecule has 0 saturated carbocycles. The van der Waals surface area contributed by atoms with Crippen LogP contribution in [0.1, 0.15) is 29.9 Å². The summed E-state index contributed by atoms with van der Waals surface area (Å²) in [5.41, 5.74) is 1.90. The number of benzene rings is 2. The average molecular weight is 292 g/mol. The highest BCUT2D eigenvalue weighted by Gasteiger charge is 2.21. The van der Waals surface area contributed by atoms with Crippen molar-refractivity contribution in [3.8, 4) is 17.6 Å². The molecule has 0 unspecified atom stereocenters. The van der Waals surface area contributed by atoms with Crippen LogP contribution in [-0.2, 0) is 0 Å². The molecule has 0 bridgehead atoms. The summed E-state index contributed by atoms with van der Waals surface area (Å²) < 4.78 is 6.07. The van der Waals surface area contributed by atoms with Crippen molar-refractivity contribution in [1.29, 1.82) is 5.26 Å². The topological polar surface area (TPSA) is 36.3 Å². The van der Waals surface area contributed by atoms with E-state index in [0.29, 0.717) is 11.5 Å². The van der Waals surface area contributed by atoms with Gasteiger partial charge < -0.3 is 9.64 Å². The SMILES string of the molecule is CN1CCC(c2ccccc2Oc2cccc(C#N)c2)CC1. The van der Waals surface area contributed by atoms with Gasteiger partial charge in [0.15, 0.2) is 0 Å². The molecule has 0 aromatic heterocycles. The Morgan fingerprint density at radius 2 is 1.86 bits per heavy atom. The van der Waals surface area contributed by atoms with Crippen molar-refractivity contribution in [2.45, 2.75) is 18.8 Å². The molecule has 0 amide bonds. The standard InChI is InChI=1S/C19H20N2O/c1-21-11-9-16(10-12-21)18-7-2-3-8-19(18)22-17-6-4-5-15(13-17)14-20/h2-8,13,16H,9-12H2,1H3. The highest BCUT2D eigenvalue weighted by Crippen LogP contribution is 2.36. The Labute approximate surface area is 131 Å². The molecule has 22 heavy (non-hydrogen) atoms. The summed E-state index contributed by atoms with van der Waals surface area (Å²) in [7, 11) is 2.17. The number of para-hydroxylation sites is 1. The van der Waals surface area contributed by atoms with Gasteiger partial charge in [-0.1, -0.05) is 24.3 Å². The van der Waals surface area contributed by atoms with Crippen molar-refractivity contribution in [3.05, 3.63) is 59.7 Å². The van der Waals surface area contributed by atoms with Crippen molar-refractivity contribution in [3.63, 3.8) is 0 Å². The molecular weight excluding hydrogens is 272 g/mol. The van der Waals surface area contributed by atoms with Crippen LogP contribution in [0.3, 0.4) is 0 Å². The molecule has 1 aliphatic heterocycles. The zero-order valence-corrected chi connectivity index (χ0v) is 12.8. The van der Waals surface area contributed by atoms with Crippen molar-refractivity contribution >= 4 is 0 Å². The Balaban J connectivity index is 1.83. The zero-order chi connectivity index (χ0) is 15.4. The Hall–Kier alpha value is -2.31. The predicted molar refractivity (Wildman–Crippen MR) is 87.1 cm³/mol. The highest BCUT2D eigenvalue weighted by molar-refractivity contribution is 5.42. The molecule has 3 nitrogen and oxygen atoms in total. The Morgan fingerprint density at radius 3 is 2.64 bits per heavy atom. The summed E-state index contributed by atoms with van der Waals surface area (Å²) in [4.78, 5) is 2.37. The maximum Gasteiger partial charge on any atom is 0.130 e. The van der Waals surface area contributed by atoms with E-state index >= 15 is 0 Å². The number of nitriles is 1. The minimum absolute atomic E-state index is 0.548. The first kappa shape index (κ1) is 14.6. The van der Waals surface area contributed by atoms with Crippen molar-refractivity contribution in [2.24, 2.45) is 0 Å². The quantitative estimate of drug-likeness (QED) is 0.852. The van der Waals surface area contributed by atoms with E-state index in [9.17, 15) is 0 Å². The second kappa shape index (κ2) is 6.64. The van der Waals surface area contributed by atoms with Crippen LogP contribution in [0.4, 0.5) is 0 Å². The Kier molecular flexibility index (Phi) is 4.41. The number of nitrogens with zero attached hydrogens (tertiary/aromatic N) is 2. The fourth-order valence-corrected chi connectivity index (χ4v) is 2.99. The molecule has 112 valence electrons. The molecule has 0 N–H and O–H groups in total. The lowest BCUT2D eigenvalue weighted by Gasteiger charge is -2.30. The molecule has 0 aliphatic carbocycles. The predicted octanol–water partition coefficient (Wildman–Crippen LogP) is 4.16. The number of hydrogen-bond donors (Lipinski definition) is 0. The van der Waals surface area contributed by atoms with Gasteiger partial charge in [0, 0.05) is 0 Å². The van der Waals surface area contributed by atoms with Gasteiger partial charge in [-0.05, 0) is 68.7 Å². The molecule has 0 radical (unpaired) electrons. The molecule has 0 atom stereocenters. The van der Waals surface area contributed by atoms with Gasteiger partial charge in [0.2, 0.25) is 0 Å². The molecule has 1 saturated heterocycles. The number of likely N-dealkylation sites (tertiary alicyclic amines) is 1. The van der Waals surface area contributed by atoms with Crippen LogP contribution in [0.25, 0.3) is 0 Å². The third-order valence-electron chi connectivity index (χ3n) is 4.27. The zero-order valence-electron chi connectivity index (χ0n) is 12.8. The second-order valence-electron chi connectivity index (χ2n) is 5.86. The van der Waals surface area contributed by atoms with Gasteiger partial charge in [-0.25, -0.2) is 0 Å². The average Bonchev–Trinajstić information content (AvgIpc) is 2.56. The number of rotatable bonds is 3. The monoisotopic (exact) mass is 292 g/mol. The van der Waals surface area contributed by atoms with E-state index in [2.05, 4.69) is 30.1 Å². The molecule has 1 heterocycles. The fourth-order valence-electron chi connectivity index (χ4n) is 2.99. The van der Waals surface area contributed by atoms with Crippen LogP contribution in [0.5, 0.6) is 11.5 Å². The number of ether oxygens (including phenoxy) is 1. The van der Waals surface area contributed by atoms with E-state index in [1.807, 2.05) is 24.3 Å². The molecule has 3 heteroatoms. The van der Waals surface area contributed by atoms with E-state index in [0.717, 1.165) is 37.4 Å². The summed E-state index contributed by atoms with van der Waals surface area (Å²) in [5.74, 6) is 2.18. The minimum Gasteiger partial charge on any atom is -0.457 e. The molecule has 1 fully saturated rings. The van der Waals surface area contributed by atoms with Gasteiger partial charge >= 0.3 is 0 Å². The Morgan fingerprint density at radius 1 is 1.09 bits per heavy atom. The van der Waals surface area contributed by atoms with Crippen LogP contribution in [-0.4, -0.2) is 25.0 Å². The molecule has 2 aromatic rings. The summed E-state index contributed by atoms with van der Waals surface area (Å²) in [5, 5.41) is 9.00. The molecular formula is C19H20N2O. The van der Waals surface area contributed by atoms with Crippen molar-refractivity contribution in [2.75, 3.05) is 20.1 Å².